The number of hydrogen-bond donors (Lipinski definition) is 1. The summed E-state index contributed by atoms with van der Waals surface area (Å²) in [5, 5.41) is 3.51. The van der Waals surface area contributed by atoms with Crippen LogP contribution in [0.4, 0.5) is 0 Å². The van der Waals surface area contributed by atoms with E-state index in [1.165, 1.54) is 11.1 Å². The maximum absolute atomic E-state index is 5.42. The van der Waals surface area contributed by atoms with Crippen LogP contribution in [0.2, 0.25) is 0 Å². The van der Waals surface area contributed by atoms with Crippen LogP contribution >= 0.6 is 0 Å². The van der Waals surface area contributed by atoms with Gasteiger partial charge in [0.15, 0.2) is 11.5 Å². The molecule has 0 radical (unpaired) electrons. The molecule has 1 N–H and O–H groups in total. The van der Waals surface area contributed by atoms with Crippen molar-refractivity contribution in [2.45, 2.75) is 19.5 Å². The molecule has 4 nitrogen and oxygen atoms in total. The summed E-state index contributed by atoms with van der Waals surface area (Å²) < 4.78 is 16.0. The first-order valence-electron chi connectivity index (χ1n) is 7.02. The van der Waals surface area contributed by atoms with Crippen molar-refractivity contribution in [1.29, 1.82) is 0 Å². The average molecular weight is 285 g/mol. The van der Waals surface area contributed by atoms with Gasteiger partial charge in [0.2, 0.25) is 6.79 Å². The molecule has 1 atom stereocenters. The number of hydrogen-bond acceptors (Lipinski definition) is 4. The van der Waals surface area contributed by atoms with E-state index in [0.717, 1.165) is 23.8 Å². The Morgan fingerprint density at radius 1 is 1.14 bits per heavy atom. The molecule has 0 aromatic heterocycles. The molecule has 0 bridgehead atoms. The maximum atomic E-state index is 5.42. The lowest BCUT2D eigenvalue weighted by atomic mass is 10.1. The minimum absolute atomic E-state index is 0.228. The summed E-state index contributed by atoms with van der Waals surface area (Å²) in [6.45, 7) is 3.23. The second kappa shape index (κ2) is 6.06. The van der Waals surface area contributed by atoms with Gasteiger partial charge in [-0.2, -0.15) is 0 Å². The van der Waals surface area contributed by atoms with Crippen LogP contribution in [0.15, 0.2) is 42.5 Å². The molecule has 1 aliphatic heterocycles. The summed E-state index contributed by atoms with van der Waals surface area (Å²) in [7, 11) is 1.68. The van der Waals surface area contributed by atoms with Gasteiger partial charge in [0.05, 0.1) is 7.11 Å². The summed E-state index contributed by atoms with van der Waals surface area (Å²) in [4.78, 5) is 0. The predicted molar refractivity (Wildman–Crippen MR) is 80.8 cm³/mol. The van der Waals surface area contributed by atoms with E-state index >= 15 is 0 Å². The lowest BCUT2D eigenvalue weighted by Crippen LogP contribution is -2.18. The molecule has 3 rings (SSSR count). The smallest absolute Gasteiger partial charge is 0.231 e. The van der Waals surface area contributed by atoms with Gasteiger partial charge < -0.3 is 19.5 Å². The molecule has 0 saturated heterocycles. The monoisotopic (exact) mass is 285 g/mol. The van der Waals surface area contributed by atoms with Gasteiger partial charge in [0.1, 0.15) is 5.75 Å². The Labute approximate surface area is 124 Å². The molecule has 0 saturated carbocycles. The van der Waals surface area contributed by atoms with E-state index in [2.05, 4.69) is 24.4 Å². The van der Waals surface area contributed by atoms with Crippen molar-refractivity contribution in [3.63, 3.8) is 0 Å². The number of nitrogens with one attached hydrogen (secondary N) is 1. The van der Waals surface area contributed by atoms with Crippen LogP contribution in [0.1, 0.15) is 24.1 Å². The molecule has 2 aromatic rings. The van der Waals surface area contributed by atoms with E-state index in [4.69, 9.17) is 14.2 Å². The number of methoxy groups -OCH3 is 1. The topological polar surface area (TPSA) is 39.7 Å². The fourth-order valence-corrected chi connectivity index (χ4v) is 2.35. The highest BCUT2D eigenvalue weighted by Crippen LogP contribution is 2.34. The molecule has 1 aliphatic rings. The van der Waals surface area contributed by atoms with E-state index in [1.807, 2.05) is 30.3 Å². The number of benzene rings is 2. The molecule has 1 unspecified atom stereocenters. The van der Waals surface area contributed by atoms with Gasteiger partial charge in [-0.05, 0) is 42.3 Å². The first-order chi connectivity index (χ1) is 10.3. The highest BCUT2D eigenvalue weighted by Gasteiger charge is 2.15. The highest BCUT2D eigenvalue weighted by molar-refractivity contribution is 5.45. The van der Waals surface area contributed by atoms with Crippen LogP contribution < -0.4 is 19.5 Å². The van der Waals surface area contributed by atoms with Crippen molar-refractivity contribution >= 4 is 0 Å². The molecule has 1 heterocycles. The minimum Gasteiger partial charge on any atom is -0.497 e. The number of rotatable bonds is 5. The summed E-state index contributed by atoms with van der Waals surface area (Å²) in [5.41, 5.74) is 2.38. The van der Waals surface area contributed by atoms with Crippen LogP contribution in [-0.2, 0) is 6.54 Å². The molecule has 21 heavy (non-hydrogen) atoms. The van der Waals surface area contributed by atoms with Crippen LogP contribution in [0, 0.1) is 0 Å². The number of ether oxygens (including phenoxy) is 3. The fraction of sp³-hybridized carbons (Fsp3) is 0.294. The van der Waals surface area contributed by atoms with E-state index in [0.29, 0.717) is 6.79 Å². The first-order valence-corrected chi connectivity index (χ1v) is 7.02. The van der Waals surface area contributed by atoms with Crippen molar-refractivity contribution < 1.29 is 14.2 Å². The highest BCUT2D eigenvalue weighted by atomic mass is 16.7. The lowest BCUT2D eigenvalue weighted by molar-refractivity contribution is 0.174. The molecule has 0 amide bonds. The Morgan fingerprint density at radius 3 is 2.86 bits per heavy atom. The zero-order valence-corrected chi connectivity index (χ0v) is 12.3. The van der Waals surface area contributed by atoms with E-state index in [1.54, 1.807) is 7.11 Å². The minimum atomic E-state index is 0.228. The van der Waals surface area contributed by atoms with Crippen molar-refractivity contribution in [3.05, 3.63) is 53.6 Å². The molecule has 110 valence electrons. The normalized spacial score (nSPS) is 14.0. The van der Waals surface area contributed by atoms with Gasteiger partial charge in [-0.15, -0.1) is 0 Å². The second-order valence-electron chi connectivity index (χ2n) is 5.07. The summed E-state index contributed by atoms with van der Waals surface area (Å²) in [6, 6.07) is 14.4. The van der Waals surface area contributed by atoms with Crippen LogP contribution in [-0.4, -0.2) is 13.9 Å². The molecule has 0 aliphatic carbocycles. The van der Waals surface area contributed by atoms with Gasteiger partial charge in [0.25, 0.3) is 0 Å². The van der Waals surface area contributed by atoms with Gasteiger partial charge in [-0.25, -0.2) is 0 Å². The summed E-state index contributed by atoms with van der Waals surface area (Å²) in [6.07, 6.45) is 0. The molecule has 2 aromatic carbocycles. The third-order valence-corrected chi connectivity index (χ3v) is 3.64. The van der Waals surface area contributed by atoms with Gasteiger partial charge >= 0.3 is 0 Å². The Balaban J connectivity index is 1.64. The Kier molecular flexibility index (Phi) is 3.97. The maximum Gasteiger partial charge on any atom is 0.231 e. The van der Waals surface area contributed by atoms with Gasteiger partial charge in [-0.3, -0.25) is 0 Å². The lowest BCUT2D eigenvalue weighted by Gasteiger charge is -2.15. The van der Waals surface area contributed by atoms with Gasteiger partial charge in [-0.1, -0.05) is 18.2 Å². The molecular formula is C17H19NO3. The largest absolute Gasteiger partial charge is 0.497 e. The van der Waals surface area contributed by atoms with Crippen LogP contribution in [0.5, 0.6) is 17.2 Å². The van der Waals surface area contributed by atoms with E-state index in [9.17, 15) is 0 Å². The van der Waals surface area contributed by atoms with Crippen LogP contribution in [0.3, 0.4) is 0 Å². The Bertz CT molecular complexity index is 627. The quantitative estimate of drug-likeness (QED) is 0.915. The third kappa shape index (κ3) is 3.11. The van der Waals surface area contributed by atoms with Crippen molar-refractivity contribution in [1.82, 2.24) is 5.32 Å². The first kappa shape index (κ1) is 13.8. The SMILES string of the molecule is COc1cccc(CNC(C)c2ccc3c(c2)OCO3)c1. The fourth-order valence-electron chi connectivity index (χ4n) is 2.35. The Hall–Kier alpha value is -2.20. The molecule has 0 spiro atoms. The van der Waals surface area contributed by atoms with Crippen LogP contribution in [0.25, 0.3) is 0 Å². The Morgan fingerprint density at radius 2 is 2.00 bits per heavy atom. The van der Waals surface area contributed by atoms with Crippen molar-refractivity contribution in [3.8, 4) is 17.2 Å². The molecular weight excluding hydrogens is 266 g/mol. The number of fused-ring (bicyclic) bond motifs is 1. The summed E-state index contributed by atoms with van der Waals surface area (Å²) in [5.74, 6) is 2.52. The predicted octanol–water partition coefficient (Wildman–Crippen LogP) is 3.27. The van der Waals surface area contributed by atoms with E-state index < -0.39 is 0 Å². The van der Waals surface area contributed by atoms with Crippen molar-refractivity contribution in [2.24, 2.45) is 0 Å². The summed E-state index contributed by atoms with van der Waals surface area (Å²) >= 11 is 0. The standard InChI is InChI=1S/C17H19NO3/c1-12(14-6-7-16-17(9-14)21-11-20-16)18-10-13-4-3-5-15(8-13)19-2/h3-9,12,18H,10-11H2,1-2H3. The van der Waals surface area contributed by atoms with Crippen molar-refractivity contribution in [2.75, 3.05) is 13.9 Å². The third-order valence-electron chi connectivity index (χ3n) is 3.64. The molecule has 0 fully saturated rings. The second-order valence-corrected chi connectivity index (χ2v) is 5.07. The van der Waals surface area contributed by atoms with E-state index in [-0.39, 0.29) is 6.04 Å². The zero-order valence-electron chi connectivity index (χ0n) is 12.3. The van der Waals surface area contributed by atoms with Gasteiger partial charge in [0, 0.05) is 12.6 Å². The zero-order chi connectivity index (χ0) is 14.7. The molecule has 4 heteroatoms. The average Bonchev–Trinajstić information content (AvgIpc) is 3.00.